The van der Waals surface area contributed by atoms with Crippen LogP contribution in [0.2, 0.25) is 0 Å². The number of ether oxygens (including phenoxy) is 3. The molecule has 0 spiro atoms. The molecule has 1 aliphatic heterocycles. The molecule has 1 fully saturated rings. The highest BCUT2D eigenvalue weighted by Gasteiger charge is 2.56. The Morgan fingerprint density at radius 3 is 2.78 bits per heavy atom. The Labute approximate surface area is 112 Å². The van der Waals surface area contributed by atoms with Crippen molar-refractivity contribution in [1.82, 2.24) is 0 Å². The largest absolute Gasteiger partial charge is 0.495 e. The standard InChI is InChI=1S/C12H11BrO5/c1-16-9-6(13)4-7-10(18-5-17-7)8(9)12(2-3-12)11(14)15/h4H,2-3,5H2,1H3,(H,14,15). The van der Waals surface area contributed by atoms with Crippen molar-refractivity contribution in [3.63, 3.8) is 0 Å². The molecule has 6 heteroatoms. The van der Waals surface area contributed by atoms with Crippen LogP contribution in [0.1, 0.15) is 18.4 Å². The number of halogens is 1. The number of carboxylic acids is 1. The molecule has 0 aromatic heterocycles. The van der Waals surface area contributed by atoms with Gasteiger partial charge in [0, 0.05) is 6.07 Å². The number of methoxy groups -OCH3 is 1. The Balaban J connectivity index is 2.27. The first kappa shape index (κ1) is 11.6. The van der Waals surface area contributed by atoms with Gasteiger partial charge in [0.2, 0.25) is 6.79 Å². The van der Waals surface area contributed by atoms with Gasteiger partial charge in [-0.05, 0) is 28.8 Å². The third-order valence-electron chi connectivity index (χ3n) is 3.41. The molecular formula is C12H11BrO5. The lowest BCUT2D eigenvalue weighted by atomic mass is 9.93. The minimum atomic E-state index is -0.896. The molecule has 1 aliphatic carbocycles. The third-order valence-corrected chi connectivity index (χ3v) is 4.00. The van der Waals surface area contributed by atoms with Crippen molar-refractivity contribution in [2.24, 2.45) is 0 Å². The number of rotatable bonds is 3. The second-order valence-electron chi connectivity index (χ2n) is 4.39. The zero-order chi connectivity index (χ0) is 12.9. The molecule has 96 valence electrons. The number of hydrogen-bond donors (Lipinski definition) is 1. The second kappa shape index (κ2) is 3.78. The van der Waals surface area contributed by atoms with E-state index in [1.54, 1.807) is 6.07 Å². The number of hydrogen-bond acceptors (Lipinski definition) is 4. The Morgan fingerprint density at radius 2 is 2.22 bits per heavy atom. The van der Waals surface area contributed by atoms with E-state index in [2.05, 4.69) is 15.9 Å². The van der Waals surface area contributed by atoms with Gasteiger partial charge in [-0.15, -0.1) is 0 Å². The summed E-state index contributed by atoms with van der Waals surface area (Å²) in [6.45, 7) is 0.109. The van der Waals surface area contributed by atoms with Crippen LogP contribution in [0.25, 0.3) is 0 Å². The highest BCUT2D eigenvalue weighted by atomic mass is 79.9. The van der Waals surface area contributed by atoms with E-state index in [1.807, 2.05) is 0 Å². The summed E-state index contributed by atoms with van der Waals surface area (Å²) in [7, 11) is 1.52. The molecule has 1 aromatic carbocycles. The van der Waals surface area contributed by atoms with Crippen molar-refractivity contribution in [3.05, 3.63) is 16.1 Å². The van der Waals surface area contributed by atoms with Crippen LogP contribution >= 0.6 is 15.9 Å². The van der Waals surface area contributed by atoms with Gasteiger partial charge < -0.3 is 19.3 Å². The Morgan fingerprint density at radius 1 is 1.50 bits per heavy atom. The summed E-state index contributed by atoms with van der Waals surface area (Å²) in [5.41, 5.74) is -0.313. The highest BCUT2D eigenvalue weighted by molar-refractivity contribution is 9.10. The van der Waals surface area contributed by atoms with E-state index in [0.29, 0.717) is 40.1 Å². The number of carboxylic acid groups (broad SMARTS) is 1. The minimum absolute atomic E-state index is 0.109. The van der Waals surface area contributed by atoms with Crippen molar-refractivity contribution in [2.45, 2.75) is 18.3 Å². The zero-order valence-electron chi connectivity index (χ0n) is 9.66. The molecule has 0 bridgehead atoms. The van der Waals surface area contributed by atoms with Crippen molar-refractivity contribution >= 4 is 21.9 Å². The fourth-order valence-electron chi connectivity index (χ4n) is 2.32. The molecule has 0 unspecified atom stereocenters. The molecule has 0 saturated heterocycles. The average molecular weight is 315 g/mol. The maximum atomic E-state index is 11.5. The maximum absolute atomic E-state index is 11.5. The molecule has 1 aromatic rings. The molecule has 2 aliphatic rings. The van der Waals surface area contributed by atoms with Gasteiger partial charge in [0.05, 0.1) is 17.1 Å². The third kappa shape index (κ3) is 1.41. The van der Waals surface area contributed by atoms with E-state index in [9.17, 15) is 9.90 Å². The lowest BCUT2D eigenvalue weighted by Gasteiger charge is -2.18. The first-order valence-corrected chi connectivity index (χ1v) is 6.29. The number of fused-ring (bicyclic) bond motifs is 1. The fourth-order valence-corrected chi connectivity index (χ4v) is 2.89. The number of benzene rings is 1. The first-order valence-electron chi connectivity index (χ1n) is 5.50. The van der Waals surface area contributed by atoms with Crippen molar-refractivity contribution in [2.75, 3.05) is 13.9 Å². The van der Waals surface area contributed by atoms with Gasteiger partial charge in [-0.25, -0.2) is 0 Å². The average Bonchev–Trinajstić information content (AvgIpc) is 3.01. The van der Waals surface area contributed by atoms with Crippen molar-refractivity contribution in [1.29, 1.82) is 0 Å². The predicted molar refractivity (Wildman–Crippen MR) is 65.4 cm³/mol. The first-order chi connectivity index (χ1) is 8.60. The van der Waals surface area contributed by atoms with Crippen molar-refractivity contribution < 1.29 is 24.1 Å². The fraction of sp³-hybridized carbons (Fsp3) is 0.417. The van der Waals surface area contributed by atoms with Crippen LogP contribution in [0, 0.1) is 0 Å². The lowest BCUT2D eigenvalue weighted by molar-refractivity contribution is -0.140. The summed E-state index contributed by atoms with van der Waals surface area (Å²) in [5.74, 6) is 0.718. The second-order valence-corrected chi connectivity index (χ2v) is 5.24. The number of carbonyl (C=O) groups is 1. The van der Waals surface area contributed by atoms with Crippen LogP contribution in [0.4, 0.5) is 0 Å². The van der Waals surface area contributed by atoms with E-state index in [-0.39, 0.29) is 6.79 Å². The summed E-state index contributed by atoms with van der Waals surface area (Å²) in [4.78, 5) is 11.5. The molecule has 0 radical (unpaired) electrons. The van der Waals surface area contributed by atoms with Gasteiger partial charge in [-0.3, -0.25) is 4.79 Å². The van der Waals surface area contributed by atoms with Crippen molar-refractivity contribution in [3.8, 4) is 17.2 Å². The van der Waals surface area contributed by atoms with E-state index in [0.717, 1.165) is 0 Å². The Bertz CT molecular complexity index is 532. The van der Waals surface area contributed by atoms with Crippen LogP contribution in [0.5, 0.6) is 17.2 Å². The molecule has 0 amide bonds. The Kier molecular flexibility index (Phi) is 2.45. The molecule has 5 nitrogen and oxygen atoms in total. The summed E-state index contributed by atoms with van der Waals surface area (Å²) >= 11 is 3.38. The highest BCUT2D eigenvalue weighted by Crippen LogP contribution is 2.59. The van der Waals surface area contributed by atoms with E-state index in [4.69, 9.17) is 14.2 Å². The summed E-state index contributed by atoms with van der Waals surface area (Å²) in [5, 5.41) is 9.43. The van der Waals surface area contributed by atoms with Crippen LogP contribution in [0.15, 0.2) is 10.5 Å². The van der Waals surface area contributed by atoms with Gasteiger partial charge in [0.1, 0.15) is 11.2 Å². The van der Waals surface area contributed by atoms with Gasteiger partial charge in [-0.2, -0.15) is 0 Å². The predicted octanol–water partition coefficient (Wildman–Crippen LogP) is 2.30. The molecular weight excluding hydrogens is 304 g/mol. The molecule has 1 saturated carbocycles. The molecule has 3 rings (SSSR count). The van der Waals surface area contributed by atoms with Crippen LogP contribution < -0.4 is 14.2 Å². The smallest absolute Gasteiger partial charge is 0.314 e. The topological polar surface area (TPSA) is 65.0 Å². The van der Waals surface area contributed by atoms with Gasteiger partial charge in [-0.1, -0.05) is 0 Å². The van der Waals surface area contributed by atoms with E-state index in [1.165, 1.54) is 7.11 Å². The summed E-state index contributed by atoms with van der Waals surface area (Å²) in [6.07, 6.45) is 1.18. The van der Waals surface area contributed by atoms with E-state index >= 15 is 0 Å². The van der Waals surface area contributed by atoms with Gasteiger partial charge in [0.15, 0.2) is 11.5 Å². The zero-order valence-corrected chi connectivity index (χ0v) is 11.2. The maximum Gasteiger partial charge on any atom is 0.314 e. The van der Waals surface area contributed by atoms with Crippen LogP contribution in [0.3, 0.4) is 0 Å². The normalized spacial score (nSPS) is 18.6. The van der Waals surface area contributed by atoms with Gasteiger partial charge in [0.25, 0.3) is 0 Å². The number of aliphatic carboxylic acids is 1. The molecule has 1 heterocycles. The molecule has 1 N–H and O–H groups in total. The molecule has 0 atom stereocenters. The van der Waals surface area contributed by atoms with Gasteiger partial charge >= 0.3 is 5.97 Å². The SMILES string of the molecule is COc1c(Br)cc2c(c1C1(C(=O)O)CC1)OCO2. The Hall–Kier alpha value is -1.43. The minimum Gasteiger partial charge on any atom is -0.495 e. The van der Waals surface area contributed by atoms with Crippen LogP contribution in [-0.4, -0.2) is 25.0 Å². The quantitative estimate of drug-likeness (QED) is 0.927. The monoisotopic (exact) mass is 314 g/mol. The summed E-state index contributed by atoms with van der Waals surface area (Å²) < 4.78 is 16.7. The van der Waals surface area contributed by atoms with Crippen LogP contribution in [-0.2, 0) is 10.2 Å². The molecule has 18 heavy (non-hydrogen) atoms. The van der Waals surface area contributed by atoms with E-state index < -0.39 is 11.4 Å². The summed E-state index contributed by atoms with van der Waals surface area (Å²) in [6, 6.07) is 1.74. The lowest BCUT2D eigenvalue weighted by Crippen LogP contribution is -2.21.